The number of carboxylic acid groups (broad SMARTS) is 1. The zero-order chi connectivity index (χ0) is 16.2. The van der Waals surface area contributed by atoms with Crippen LogP contribution in [-0.2, 0) is 14.6 Å². The lowest BCUT2D eigenvalue weighted by molar-refractivity contribution is -0.134. The van der Waals surface area contributed by atoms with E-state index in [9.17, 15) is 13.2 Å². The fraction of sp³-hybridized carbons (Fsp3) is 0.154. The molecule has 9 heteroatoms. The number of aliphatic carboxylic acids is 1. The molecule has 0 saturated heterocycles. The molecule has 1 atom stereocenters. The Labute approximate surface area is 126 Å². The Morgan fingerprint density at radius 1 is 1.27 bits per heavy atom. The Bertz CT molecular complexity index is 765. The summed E-state index contributed by atoms with van der Waals surface area (Å²) in [5.74, 6) is -0.829. The third-order valence-corrected chi connectivity index (χ3v) is 4.48. The van der Waals surface area contributed by atoms with Gasteiger partial charge in [0, 0.05) is 6.20 Å². The van der Waals surface area contributed by atoms with E-state index in [1.165, 1.54) is 24.4 Å². The number of hydrogen-bond donors (Lipinski definition) is 3. The van der Waals surface area contributed by atoms with Crippen LogP contribution in [0.3, 0.4) is 0 Å². The van der Waals surface area contributed by atoms with Crippen LogP contribution in [0.25, 0.3) is 0 Å². The number of carbonyl (C=O) groups is 1. The van der Waals surface area contributed by atoms with Crippen molar-refractivity contribution in [1.82, 2.24) is 9.97 Å². The van der Waals surface area contributed by atoms with Crippen molar-refractivity contribution in [3.05, 3.63) is 48.3 Å². The largest absolute Gasteiger partial charge is 0.480 e. The van der Waals surface area contributed by atoms with Gasteiger partial charge in [0.05, 0.1) is 5.69 Å². The summed E-state index contributed by atoms with van der Waals surface area (Å²) in [4.78, 5) is 18.3. The summed E-state index contributed by atoms with van der Waals surface area (Å²) in [6, 6.07) is 9.01. The summed E-state index contributed by atoms with van der Waals surface area (Å²) in [5.41, 5.74) is 5.89. The van der Waals surface area contributed by atoms with Crippen LogP contribution in [0, 0.1) is 0 Å². The molecule has 4 N–H and O–H groups in total. The Hall–Kier alpha value is -2.52. The van der Waals surface area contributed by atoms with Crippen molar-refractivity contribution in [1.29, 1.82) is 0 Å². The van der Waals surface area contributed by atoms with Gasteiger partial charge in [-0.15, -0.1) is 0 Å². The zero-order valence-electron chi connectivity index (χ0n) is 11.4. The van der Waals surface area contributed by atoms with Crippen LogP contribution in [0.5, 0.6) is 0 Å². The SMILES string of the molecule is NC(c1cccc(NCC(=O)O)n1)S(=O)(=O)c1ccccn1. The maximum atomic E-state index is 12.4. The van der Waals surface area contributed by atoms with Gasteiger partial charge in [0.2, 0.25) is 9.84 Å². The number of nitrogens with two attached hydrogens (primary N) is 1. The number of nitrogens with one attached hydrogen (secondary N) is 1. The van der Waals surface area contributed by atoms with E-state index in [0.717, 1.165) is 0 Å². The molecule has 116 valence electrons. The highest BCUT2D eigenvalue weighted by atomic mass is 32.2. The van der Waals surface area contributed by atoms with Gasteiger partial charge in [-0.05, 0) is 24.3 Å². The smallest absolute Gasteiger partial charge is 0.322 e. The Morgan fingerprint density at radius 2 is 2.05 bits per heavy atom. The molecule has 0 aliphatic heterocycles. The van der Waals surface area contributed by atoms with Crippen molar-refractivity contribution in [3.63, 3.8) is 0 Å². The molecule has 2 aromatic rings. The molecule has 8 nitrogen and oxygen atoms in total. The summed E-state index contributed by atoms with van der Waals surface area (Å²) in [6.07, 6.45) is 1.36. The summed E-state index contributed by atoms with van der Waals surface area (Å²) in [7, 11) is -3.88. The summed E-state index contributed by atoms with van der Waals surface area (Å²) in [6.45, 7) is -0.335. The minimum atomic E-state index is -3.88. The van der Waals surface area contributed by atoms with E-state index in [1.54, 1.807) is 18.2 Å². The molecule has 0 aliphatic carbocycles. The van der Waals surface area contributed by atoms with Gasteiger partial charge in [0.25, 0.3) is 0 Å². The maximum Gasteiger partial charge on any atom is 0.322 e. The number of rotatable bonds is 6. The molecule has 0 aromatic carbocycles. The normalized spacial score (nSPS) is 12.6. The van der Waals surface area contributed by atoms with E-state index < -0.39 is 21.2 Å². The number of carboxylic acids is 1. The van der Waals surface area contributed by atoms with Crippen molar-refractivity contribution >= 4 is 21.6 Å². The number of pyridine rings is 2. The second-order valence-corrected chi connectivity index (χ2v) is 6.34. The van der Waals surface area contributed by atoms with Crippen LogP contribution in [0.15, 0.2) is 47.6 Å². The molecule has 1 unspecified atom stereocenters. The van der Waals surface area contributed by atoms with E-state index in [4.69, 9.17) is 10.8 Å². The number of anilines is 1. The lowest BCUT2D eigenvalue weighted by Crippen LogP contribution is -2.24. The molecular formula is C13H14N4O4S. The number of aromatic nitrogens is 2. The summed E-state index contributed by atoms with van der Waals surface area (Å²) < 4.78 is 24.7. The Kier molecular flexibility index (Phi) is 4.68. The highest BCUT2D eigenvalue weighted by Gasteiger charge is 2.27. The number of nitrogens with zero attached hydrogens (tertiary/aromatic N) is 2. The quantitative estimate of drug-likeness (QED) is 0.695. The maximum absolute atomic E-state index is 12.4. The van der Waals surface area contributed by atoms with E-state index in [1.807, 2.05) is 0 Å². The molecule has 22 heavy (non-hydrogen) atoms. The highest BCUT2D eigenvalue weighted by Crippen LogP contribution is 2.22. The minimum Gasteiger partial charge on any atom is -0.480 e. The Morgan fingerprint density at radius 3 is 2.68 bits per heavy atom. The lowest BCUT2D eigenvalue weighted by atomic mass is 10.3. The van der Waals surface area contributed by atoms with Gasteiger partial charge in [-0.1, -0.05) is 12.1 Å². The van der Waals surface area contributed by atoms with Crippen LogP contribution in [0.2, 0.25) is 0 Å². The van der Waals surface area contributed by atoms with E-state index in [-0.39, 0.29) is 23.1 Å². The molecule has 2 rings (SSSR count). The molecule has 0 fully saturated rings. The van der Waals surface area contributed by atoms with Crippen molar-refractivity contribution in [2.45, 2.75) is 10.4 Å². The van der Waals surface area contributed by atoms with Crippen LogP contribution in [0.4, 0.5) is 5.82 Å². The summed E-state index contributed by atoms with van der Waals surface area (Å²) >= 11 is 0. The molecule has 0 saturated carbocycles. The highest BCUT2D eigenvalue weighted by molar-refractivity contribution is 7.91. The number of hydrogen-bond acceptors (Lipinski definition) is 7. The molecule has 2 heterocycles. The van der Waals surface area contributed by atoms with Crippen molar-refractivity contribution in [2.24, 2.45) is 5.73 Å². The van der Waals surface area contributed by atoms with Crippen LogP contribution in [-0.4, -0.2) is 36.0 Å². The van der Waals surface area contributed by atoms with Gasteiger partial charge in [0.1, 0.15) is 12.4 Å². The van der Waals surface area contributed by atoms with E-state index >= 15 is 0 Å². The molecular weight excluding hydrogens is 308 g/mol. The van der Waals surface area contributed by atoms with Gasteiger partial charge in [0.15, 0.2) is 10.4 Å². The zero-order valence-corrected chi connectivity index (χ0v) is 12.2. The first kappa shape index (κ1) is 15.9. The molecule has 0 amide bonds. The van der Waals surface area contributed by atoms with E-state index in [2.05, 4.69) is 15.3 Å². The standard InChI is InChI=1S/C13H14N4O4S/c14-13(22(20,21)11-6-1-2-7-15-11)9-4-3-5-10(17-9)16-8-12(18)19/h1-7,13H,8,14H2,(H,16,17)(H,18,19). The molecule has 0 radical (unpaired) electrons. The van der Waals surface area contributed by atoms with Crippen molar-refractivity contribution < 1.29 is 18.3 Å². The Balaban J connectivity index is 2.27. The second-order valence-electron chi connectivity index (χ2n) is 4.33. The van der Waals surface area contributed by atoms with Gasteiger partial charge >= 0.3 is 5.97 Å². The van der Waals surface area contributed by atoms with Gasteiger partial charge in [-0.3, -0.25) is 4.79 Å². The average molecular weight is 322 g/mol. The van der Waals surface area contributed by atoms with Gasteiger partial charge < -0.3 is 16.2 Å². The van der Waals surface area contributed by atoms with Gasteiger partial charge in [-0.2, -0.15) is 0 Å². The fourth-order valence-electron chi connectivity index (χ4n) is 1.68. The first-order valence-corrected chi connectivity index (χ1v) is 7.79. The minimum absolute atomic E-state index is 0.0982. The van der Waals surface area contributed by atoms with Crippen LogP contribution < -0.4 is 11.1 Å². The van der Waals surface area contributed by atoms with Crippen molar-refractivity contribution in [2.75, 3.05) is 11.9 Å². The van der Waals surface area contributed by atoms with Crippen LogP contribution in [0.1, 0.15) is 11.1 Å². The second kappa shape index (κ2) is 6.50. The van der Waals surface area contributed by atoms with E-state index in [0.29, 0.717) is 0 Å². The summed E-state index contributed by atoms with van der Waals surface area (Å²) in [5, 5.41) is 9.63. The average Bonchev–Trinajstić information content (AvgIpc) is 2.53. The monoisotopic (exact) mass is 322 g/mol. The fourth-order valence-corrected chi connectivity index (χ4v) is 2.86. The topological polar surface area (TPSA) is 135 Å². The first-order chi connectivity index (χ1) is 10.4. The van der Waals surface area contributed by atoms with Gasteiger partial charge in [-0.25, -0.2) is 18.4 Å². The molecule has 0 spiro atoms. The third kappa shape index (κ3) is 3.57. The predicted molar refractivity (Wildman–Crippen MR) is 78.7 cm³/mol. The van der Waals surface area contributed by atoms with Crippen LogP contribution >= 0.6 is 0 Å². The lowest BCUT2D eigenvalue weighted by Gasteiger charge is -2.13. The van der Waals surface area contributed by atoms with Crippen molar-refractivity contribution in [3.8, 4) is 0 Å². The predicted octanol–water partition coefficient (Wildman–Crippen LogP) is 0.404. The number of sulfone groups is 1. The molecule has 2 aromatic heterocycles. The molecule has 0 aliphatic rings. The molecule has 0 bridgehead atoms. The first-order valence-electron chi connectivity index (χ1n) is 6.24. The third-order valence-electron chi connectivity index (χ3n) is 2.75.